The first-order valence-electron chi connectivity index (χ1n) is 4.25. The van der Waals surface area contributed by atoms with Crippen molar-refractivity contribution < 1.29 is 4.79 Å². The quantitative estimate of drug-likeness (QED) is 0.692. The van der Waals surface area contributed by atoms with Gasteiger partial charge in [-0.1, -0.05) is 6.08 Å². The largest absolute Gasteiger partial charge is 0.367 e. The van der Waals surface area contributed by atoms with Gasteiger partial charge in [0.15, 0.2) is 5.43 Å². The number of hydrogen-bond donors (Lipinski definition) is 2. The van der Waals surface area contributed by atoms with Crippen LogP contribution in [0, 0.1) is 0 Å². The van der Waals surface area contributed by atoms with Crippen molar-refractivity contribution in [2.75, 3.05) is 0 Å². The first kappa shape index (κ1) is 10.2. The second-order valence-electron chi connectivity index (χ2n) is 2.92. The second kappa shape index (κ2) is 4.41. The lowest BCUT2D eigenvalue weighted by Gasteiger charge is -2.07. The van der Waals surface area contributed by atoms with Gasteiger partial charge in [0.2, 0.25) is 0 Å². The number of hydrogen-bond acceptors (Lipinski definition) is 2. The number of carbonyl (C=O) groups excluding carboxylic acids is 1. The van der Waals surface area contributed by atoms with Crippen LogP contribution in [0.2, 0.25) is 0 Å². The Morgan fingerprint density at radius 1 is 1.71 bits per heavy atom. The van der Waals surface area contributed by atoms with E-state index in [9.17, 15) is 9.59 Å². The SMILES string of the molecule is C=CC(C)NC(=O)c1c[nH]ccc1=O. The van der Waals surface area contributed by atoms with E-state index in [0.29, 0.717) is 0 Å². The van der Waals surface area contributed by atoms with Crippen LogP contribution in [0.5, 0.6) is 0 Å². The van der Waals surface area contributed by atoms with Gasteiger partial charge < -0.3 is 10.3 Å². The summed E-state index contributed by atoms with van der Waals surface area (Å²) >= 11 is 0. The third kappa shape index (κ3) is 2.32. The third-order valence-corrected chi connectivity index (χ3v) is 1.78. The smallest absolute Gasteiger partial charge is 0.257 e. The predicted octanol–water partition coefficient (Wildman–Crippen LogP) is 0.679. The number of amides is 1. The van der Waals surface area contributed by atoms with Crippen LogP contribution in [0.25, 0.3) is 0 Å². The molecule has 1 amide bonds. The zero-order valence-corrected chi connectivity index (χ0v) is 7.91. The van der Waals surface area contributed by atoms with Crippen molar-refractivity contribution in [2.45, 2.75) is 13.0 Å². The maximum Gasteiger partial charge on any atom is 0.257 e. The fraction of sp³-hybridized carbons (Fsp3) is 0.200. The lowest BCUT2D eigenvalue weighted by Crippen LogP contribution is -2.34. The predicted molar refractivity (Wildman–Crippen MR) is 54.2 cm³/mol. The molecule has 1 heterocycles. The lowest BCUT2D eigenvalue weighted by molar-refractivity contribution is 0.0945. The van der Waals surface area contributed by atoms with E-state index in [0.717, 1.165) is 0 Å². The maximum atomic E-state index is 11.5. The molecule has 1 atom stereocenters. The molecule has 4 heteroatoms. The molecule has 1 unspecified atom stereocenters. The molecule has 1 aromatic heterocycles. The summed E-state index contributed by atoms with van der Waals surface area (Å²) in [5.74, 6) is -0.390. The molecule has 4 nitrogen and oxygen atoms in total. The van der Waals surface area contributed by atoms with Gasteiger partial charge in [0, 0.05) is 24.5 Å². The zero-order valence-electron chi connectivity index (χ0n) is 7.91. The lowest BCUT2D eigenvalue weighted by atomic mass is 10.2. The van der Waals surface area contributed by atoms with E-state index in [1.807, 2.05) is 0 Å². The Bertz CT molecular complexity index is 395. The highest BCUT2D eigenvalue weighted by Gasteiger charge is 2.10. The molecule has 0 saturated carbocycles. The van der Waals surface area contributed by atoms with Gasteiger partial charge in [-0.3, -0.25) is 9.59 Å². The van der Waals surface area contributed by atoms with Gasteiger partial charge in [0.05, 0.1) is 0 Å². The van der Waals surface area contributed by atoms with Gasteiger partial charge in [-0.15, -0.1) is 6.58 Å². The highest BCUT2D eigenvalue weighted by Crippen LogP contribution is 1.90. The molecule has 0 aliphatic heterocycles. The number of rotatable bonds is 3. The van der Waals surface area contributed by atoms with Crippen LogP contribution >= 0.6 is 0 Å². The first-order valence-corrected chi connectivity index (χ1v) is 4.25. The van der Waals surface area contributed by atoms with E-state index in [1.54, 1.807) is 13.0 Å². The van der Waals surface area contributed by atoms with E-state index in [4.69, 9.17) is 0 Å². The molecule has 0 bridgehead atoms. The summed E-state index contributed by atoms with van der Waals surface area (Å²) in [5.41, 5.74) is -0.182. The average molecular weight is 192 g/mol. The Morgan fingerprint density at radius 2 is 2.43 bits per heavy atom. The molecule has 74 valence electrons. The van der Waals surface area contributed by atoms with Crippen LogP contribution in [-0.2, 0) is 0 Å². The van der Waals surface area contributed by atoms with E-state index in [2.05, 4.69) is 16.9 Å². The number of aromatic amines is 1. The molecule has 0 spiro atoms. The Labute approximate surface area is 81.7 Å². The number of nitrogens with one attached hydrogen (secondary N) is 2. The summed E-state index contributed by atoms with van der Waals surface area (Å²) in [7, 11) is 0. The van der Waals surface area contributed by atoms with E-state index >= 15 is 0 Å². The summed E-state index contributed by atoms with van der Waals surface area (Å²) in [6.45, 7) is 5.31. The molecule has 14 heavy (non-hydrogen) atoms. The van der Waals surface area contributed by atoms with Crippen LogP contribution in [0.1, 0.15) is 17.3 Å². The van der Waals surface area contributed by atoms with Gasteiger partial charge >= 0.3 is 0 Å². The van der Waals surface area contributed by atoms with Gasteiger partial charge in [0.25, 0.3) is 5.91 Å². The van der Waals surface area contributed by atoms with Gasteiger partial charge in [0.1, 0.15) is 5.56 Å². The highest BCUT2D eigenvalue weighted by atomic mass is 16.2. The third-order valence-electron chi connectivity index (χ3n) is 1.78. The fourth-order valence-corrected chi connectivity index (χ4v) is 0.937. The van der Waals surface area contributed by atoms with Crippen molar-refractivity contribution in [1.82, 2.24) is 10.3 Å². The van der Waals surface area contributed by atoms with Crippen LogP contribution in [0.15, 0.2) is 35.9 Å². The Morgan fingerprint density at radius 3 is 3.00 bits per heavy atom. The van der Waals surface area contributed by atoms with Crippen molar-refractivity contribution in [3.05, 3.63) is 46.9 Å². The van der Waals surface area contributed by atoms with Gasteiger partial charge in [-0.2, -0.15) is 0 Å². The van der Waals surface area contributed by atoms with Crippen molar-refractivity contribution in [3.8, 4) is 0 Å². The summed E-state index contributed by atoms with van der Waals surface area (Å²) in [5, 5.41) is 2.61. The van der Waals surface area contributed by atoms with Crippen molar-refractivity contribution in [1.29, 1.82) is 0 Å². The minimum atomic E-state index is -0.390. The fourth-order valence-electron chi connectivity index (χ4n) is 0.937. The summed E-state index contributed by atoms with van der Waals surface area (Å²) in [6.07, 6.45) is 4.46. The molecule has 2 N–H and O–H groups in total. The zero-order chi connectivity index (χ0) is 10.6. The number of carbonyl (C=O) groups is 1. The number of H-pyrrole nitrogens is 1. The number of pyridine rings is 1. The molecular weight excluding hydrogens is 180 g/mol. The normalized spacial score (nSPS) is 11.8. The summed E-state index contributed by atoms with van der Waals surface area (Å²) in [6, 6.07) is 1.16. The average Bonchev–Trinajstić information content (AvgIpc) is 2.18. The van der Waals surface area contributed by atoms with Crippen LogP contribution in [0.4, 0.5) is 0 Å². The monoisotopic (exact) mass is 192 g/mol. The Hall–Kier alpha value is -1.84. The van der Waals surface area contributed by atoms with E-state index < -0.39 is 0 Å². The van der Waals surface area contributed by atoms with E-state index in [-0.39, 0.29) is 22.9 Å². The Kier molecular flexibility index (Phi) is 3.23. The second-order valence-corrected chi connectivity index (χ2v) is 2.92. The molecule has 1 aromatic rings. The summed E-state index contributed by atoms with van der Waals surface area (Å²) < 4.78 is 0. The molecule has 0 saturated heterocycles. The topological polar surface area (TPSA) is 62.0 Å². The van der Waals surface area contributed by atoms with Crippen LogP contribution in [-0.4, -0.2) is 16.9 Å². The minimum absolute atomic E-state index is 0.112. The summed E-state index contributed by atoms with van der Waals surface area (Å²) in [4.78, 5) is 25.4. The van der Waals surface area contributed by atoms with Crippen LogP contribution in [0.3, 0.4) is 0 Å². The Balaban J connectivity index is 2.85. The first-order chi connectivity index (χ1) is 6.65. The molecular formula is C10H12N2O2. The maximum absolute atomic E-state index is 11.5. The molecule has 0 aromatic carbocycles. The number of aromatic nitrogens is 1. The van der Waals surface area contributed by atoms with E-state index in [1.165, 1.54) is 18.5 Å². The minimum Gasteiger partial charge on any atom is -0.367 e. The molecule has 0 radical (unpaired) electrons. The molecule has 1 rings (SSSR count). The highest BCUT2D eigenvalue weighted by molar-refractivity contribution is 5.93. The molecule has 0 fully saturated rings. The van der Waals surface area contributed by atoms with Crippen LogP contribution < -0.4 is 10.7 Å². The van der Waals surface area contributed by atoms with Crippen molar-refractivity contribution in [2.24, 2.45) is 0 Å². The van der Waals surface area contributed by atoms with Gasteiger partial charge in [-0.25, -0.2) is 0 Å². The van der Waals surface area contributed by atoms with Crippen molar-refractivity contribution in [3.63, 3.8) is 0 Å². The van der Waals surface area contributed by atoms with Gasteiger partial charge in [-0.05, 0) is 6.92 Å². The molecule has 0 aliphatic rings. The standard InChI is InChI=1S/C10H12N2O2/c1-3-7(2)12-10(14)8-6-11-5-4-9(8)13/h3-7H,1H2,2H3,(H,11,13)(H,12,14). The molecule has 0 aliphatic carbocycles. The van der Waals surface area contributed by atoms with Crippen molar-refractivity contribution >= 4 is 5.91 Å².